The molecule has 6 nitrogen and oxygen atoms in total. The van der Waals surface area contributed by atoms with Crippen LogP contribution in [-0.4, -0.2) is 62.3 Å². The summed E-state index contributed by atoms with van der Waals surface area (Å²) in [5.74, 6) is 0.0390. The maximum absolute atomic E-state index is 12.9. The van der Waals surface area contributed by atoms with Crippen molar-refractivity contribution in [1.82, 2.24) is 9.21 Å². The van der Waals surface area contributed by atoms with Gasteiger partial charge in [-0.05, 0) is 49.2 Å². The lowest BCUT2D eigenvalue weighted by Crippen LogP contribution is -2.53. The van der Waals surface area contributed by atoms with Crippen molar-refractivity contribution in [2.75, 3.05) is 37.6 Å². The fourth-order valence-corrected chi connectivity index (χ4v) is 5.60. The third-order valence-corrected chi connectivity index (χ3v) is 7.86. The second kappa shape index (κ2) is 7.97. The Morgan fingerprint density at radius 1 is 1.03 bits per heavy atom. The smallest absolute Gasteiger partial charge is 0.243 e. The van der Waals surface area contributed by atoms with Crippen LogP contribution in [0.2, 0.25) is 5.02 Å². The second-order valence-corrected chi connectivity index (χ2v) is 9.92. The van der Waals surface area contributed by atoms with Gasteiger partial charge in [-0.1, -0.05) is 29.8 Å². The predicted octanol–water partition coefficient (Wildman–Crippen LogP) is 2.62. The maximum Gasteiger partial charge on any atom is 0.243 e. The lowest BCUT2D eigenvalue weighted by molar-refractivity contribution is -0.130. The number of fused-ring (bicyclic) bond motifs is 1. The summed E-state index contributed by atoms with van der Waals surface area (Å²) in [4.78, 5) is 17.0. The number of anilines is 1. The molecule has 1 saturated heterocycles. The van der Waals surface area contributed by atoms with E-state index in [9.17, 15) is 13.2 Å². The molecule has 2 heterocycles. The van der Waals surface area contributed by atoms with Gasteiger partial charge in [-0.25, -0.2) is 8.42 Å². The zero-order valence-electron chi connectivity index (χ0n) is 16.3. The van der Waals surface area contributed by atoms with Crippen molar-refractivity contribution in [3.8, 4) is 0 Å². The number of piperazine rings is 1. The third kappa shape index (κ3) is 3.99. The highest BCUT2D eigenvalue weighted by Crippen LogP contribution is 2.31. The number of hydrogen-bond donors (Lipinski definition) is 0. The first kappa shape index (κ1) is 20.2. The van der Waals surface area contributed by atoms with Gasteiger partial charge in [-0.2, -0.15) is 4.31 Å². The number of para-hydroxylation sites is 1. The molecule has 0 spiro atoms. The van der Waals surface area contributed by atoms with Crippen molar-refractivity contribution in [3.05, 3.63) is 59.1 Å². The van der Waals surface area contributed by atoms with Gasteiger partial charge in [-0.3, -0.25) is 4.79 Å². The Labute approximate surface area is 176 Å². The van der Waals surface area contributed by atoms with E-state index in [1.807, 2.05) is 12.1 Å². The molecule has 154 valence electrons. The number of carbonyl (C=O) groups is 1. The summed E-state index contributed by atoms with van der Waals surface area (Å²) in [6.07, 6.45) is 0.941. The molecule has 0 aliphatic carbocycles. The van der Waals surface area contributed by atoms with Crippen molar-refractivity contribution < 1.29 is 13.2 Å². The fraction of sp³-hybridized carbons (Fsp3) is 0.381. The topological polar surface area (TPSA) is 60.9 Å². The van der Waals surface area contributed by atoms with Crippen molar-refractivity contribution in [1.29, 1.82) is 0 Å². The molecule has 2 aromatic rings. The van der Waals surface area contributed by atoms with Crippen molar-refractivity contribution >= 4 is 33.2 Å². The summed E-state index contributed by atoms with van der Waals surface area (Å²) in [6.45, 7) is 3.84. The van der Waals surface area contributed by atoms with Crippen LogP contribution in [0.5, 0.6) is 0 Å². The highest BCUT2D eigenvalue weighted by Gasteiger charge is 2.32. The van der Waals surface area contributed by atoms with Gasteiger partial charge in [0.25, 0.3) is 0 Å². The molecule has 0 aromatic heterocycles. The van der Waals surface area contributed by atoms with E-state index >= 15 is 0 Å². The number of amides is 1. The maximum atomic E-state index is 12.9. The Morgan fingerprint density at radius 2 is 1.69 bits per heavy atom. The van der Waals surface area contributed by atoms with Gasteiger partial charge in [0.2, 0.25) is 15.9 Å². The van der Waals surface area contributed by atoms with Gasteiger partial charge in [0.1, 0.15) is 0 Å². The van der Waals surface area contributed by atoms with E-state index in [1.54, 1.807) is 17.0 Å². The summed E-state index contributed by atoms with van der Waals surface area (Å²) in [5, 5.41) is 0.497. The SMILES string of the molecule is CC1Cc2ccccc2N1CC(=O)N1CCN(S(=O)(=O)c2ccc(Cl)cc2)CC1. The molecule has 1 amide bonds. The molecule has 1 atom stereocenters. The Morgan fingerprint density at radius 3 is 2.38 bits per heavy atom. The molecule has 0 radical (unpaired) electrons. The normalized spacial score (nSPS) is 20.0. The minimum absolute atomic E-state index is 0.0390. The van der Waals surface area contributed by atoms with Gasteiger partial charge >= 0.3 is 0 Å². The van der Waals surface area contributed by atoms with Crippen molar-refractivity contribution in [3.63, 3.8) is 0 Å². The Hall–Kier alpha value is -2.09. The molecular weight excluding hydrogens is 410 g/mol. The lowest BCUT2D eigenvalue weighted by Gasteiger charge is -2.35. The average Bonchev–Trinajstić information content (AvgIpc) is 3.03. The summed E-state index contributed by atoms with van der Waals surface area (Å²) < 4.78 is 27.0. The minimum atomic E-state index is -3.57. The van der Waals surface area contributed by atoms with E-state index in [0.29, 0.717) is 37.7 Å². The molecule has 4 rings (SSSR count). The summed E-state index contributed by atoms with van der Waals surface area (Å²) in [6, 6.07) is 14.6. The van der Waals surface area contributed by atoms with Crippen LogP contribution in [0, 0.1) is 0 Å². The molecule has 0 N–H and O–H groups in total. The second-order valence-electron chi connectivity index (χ2n) is 7.55. The summed E-state index contributed by atoms with van der Waals surface area (Å²) in [7, 11) is -3.57. The number of rotatable bonds is 4. The number of hydrogen-bond acceptors (Lipinski definition) is 4. The Bertz CT molecular complexity index is 1000. The number of halogens is 1. The van der Waals surface area contributed by atoms with E-state index in [0.717, 1.165) is 12.1 Å². The number of sulfonamides is 1. The van der Waals surface area contributed by atoms with Crippen LogP contribution in [0.4, 0.5) is 5.69 Å². The standard InChI is InChI=1S/C21H24ClN3O3S/c1-16-14-17-4-2-3-5-20(17)25(16)15-21(26)23-10-12-24(13-11-23)29(27,28)19-8-6-18(22)7-9-19/h2-9,16H,10-15H2,1H3. The molecule has 1 fully saturated rings. The van der Waals surface area contributed by atoms with Crippen LogP contribution < -0.4 is 4.90 Å². The van der Waals surface area contributed by atoms with Gasteiger partial charge in [-0.15, -0.1) is 0 Å². The predicted molar refractivity (Wildman–Crippen MR) is 114 cm³/mol. The molecule has 1 unspecified atom stereocenters. The van der Waals surface area contributed by atoms with Gasteiger partial charge in [0.05, 0.1) is 11.4 Å². The lowest BCUT2D eigenvalue weighted by atomic mass is 10.1. The van der Waals surface area contributed by atoms with Crippen molar-refractivity contribution in [2.45, 2.75) is 24.3 Å². The van der Waals surface area contributed by atoms with Gasteiger partial charge in [0, 0.05) is 42.9 Å². The largest absolute Gasteiger partial charge is 0.359 e. The Balaban J connectivity index is 1.38. The number of carbonyl (C=O) groups excluding carboxylic acids is 1. The first-order valence-electron chi connectivity index (χ1n) is 9.74. The first-order chi connectivity index (χ1) is 13.9. The highest BCUT2D eigenvalue weighted by atomic mass is 35.5. The highest BCUT2D eigenvalue weighted by molar-refractivity contribution is 7.89. The molecule has 2 aromatic carbocycles. The van der Waals surface area contributed by atoms with E-state index in [2.05, 4.69) is 24.0 Å². The summed E-state index contributed by atoms with van der Waals surface area (Å²) in [5.41, 5.74) is 2.39. The molecule has 29 heavy (non-hydrogen) atoms. The first-order valence-corrected chi connectivity index (χ1v) is 11.6. The van der Waals surface area contributed by atoms with Crippen molar-refractivity contribution in [2.24, 2.45) is 0 Å². The van der Waals surface area contributed by atoms with Crippen LogP contribution in [0.25, 0.3) is 0 Å². The van der Waals surface area contributed by atoms with Gasteiger partial charge in [0.15, 0.2) is 0 Å². The monoisotopic (exact) mass is 433 g/mol. The molecule has 0 saturated carbocycles. The van der Waals surface area contributed by atoms with Crippen LogP contribution >= 0.6 is 11.6 Å². The van der Waals surface area contributed by atoms with Crippen LogP contribution in [0.3, 0.4) is 0 Å². The van der Waals surface area contributed by atoms with Crippen LogP contribution in [0.15, 0.2) is 53.4 Å². The number of nitrogens with zero attached hydrogens (tertiary/aromatic N) is 3. The molecule has 2 aliphatic rings. The van der Waals surface area contributed by atoms with E-state index in [4.69, 9.17) is 11.6 Å². The van der Waals surface area contributed by atoms with E-state index in [-0.39, 0.29) is 16.8 Å². The minimum Gasteiger partial charge on any atom is -0.359 e. The molecule has 0 bridgehead atoms. The van der Waals surface area contributed by atoms with Crippen LogP contribution in [0.1, 0.15) is 12.5 Å². The average molecular weight is 434 g/mol. The zero-order valence-corrected chi connectivity index (χ0v) is 17.9. The Kier molecular flexibility index (Phi) is 5.55. The molecular formula is C21H24ClN3O3S. The van der Waals surface area contributed by atoms with Gasteiger partial charge < -0.3 is 9.80 Å². The zero-order chi connectivity index (χ0) is 20.6. The van der Waals surface area contributed by atoms with E-state index in [1.165, 1.54) is 22.0 Å². The molecule has 8 heteroatoms. The fourth-order valence-electron chi connectivity index (χ4n) is 4.05. The third-order valence-electron chi connectivity index (χ3n) is 5.70. The van der Waals surface area contributed by atoms with E-state index < -0.39 is 10.0 Å². The summed E-state index contributed by atoms with van der Waals surface area (Å²) >= 11 is 5.86. The quantitative estimate of drug-likeness (QED) is 0.743. The number of benzene rings is 2. The van der Waals surface area contributed by atoms with Crippen LogP contribution in [-0.2, 0) is 21.2 Å². The molecule has 2 aliphatic heterocycles.